The van der Waals surface area contributed by atoms with Gasteiger partial charge in [0.2, 0.25) is 5.82 Å². The summed E-state index contributed by atoms with van der Waals surface area (Å²) in [6, 6.07) is 5.58. The van der Waals surface area contributed by atoms with Crippen molar-refractivity contribution in [2.75, 3.05) is 14.2 Å². The van der Waals surface area contributed by atoms with Gasteiger partial charge in [0, 0.05) is 0 Å². The van der Waals surface area contributed by atoms with E-state index >= 15 is 0 Å². The Morgan fingerprint density at radius 1 is 1.22 bits per heavy atom. The fraction of sp³-hybridized carbons (Fsp3) is 0.182. The van der Waals surface area contributed by atoms with E-state index < -0.39 is 0 Å². The molecular formula is C11H10N4O3. The molecular weight excluding hydrogens is 236 g/mol. The number of rotatable bonds is 3. The number of aromatic amines is 1. The highest BCUT2D eigenvalue weighted by molar-refractivity contribution is 6.00. The molecule has 18 heavy (non-hydrogen) atoms. The summed E-state index contributed by atoms with van der Waals surface area (Å²) in [5.74, 6) is 1.98. The molecule has 0 aliphatic heterocycles. The van der Waals surface area contributed by atoms with E-state index in [1.807, 2.05) is 18.2 Å². The van der Waals surface area contributed by atoms with Gasteiger partial charge >= 0.3 is 0 Å². The fourth-order valence-corrected chi connectivity index (χ4v) is 1.88. The van der Waals surface area contributed by atoms with Crippen molar-refractivity contribution >= 4 is 10.8 Å². The number of fused-ring (bicyclic) bond motifs is 1. The van der Waals surface area contributed by atoms with Gasteiger partial charge in [-0.1, -0.05) is 6.07 Å². The number of benzene rings is 1. The Hall–Kier alpha value is -2.57. The van der Waals surface area contributed by atoms with Gasteiger partial charge in [0.05, 0.1) is 25.0 Å². The molecule has 0 fully saturated rings. The maximum atomic E-state index is 5.63. The Balaban J connectivity index is 2.37. The molecule has 1 N–H and O–H groups in total. The van der Waals surface area contributed by atoms with E-state index in [1.165, 1.54) is 0 Å². The van der Waals surface area contributed by atoms with Crippen LogP contribution in [0.2, 0.25) is 0 Å². The first-order chi connectivity index (χ1) is 8.85. The molecule has 0 saturated heterocycles. The molecule has 3 aromatic rings. The molecule has 0 aliphatic carbocycles. The SMILES string of the molecule is COc1oc(-c2nnn[nH]2)c2c(OC)cccc12. The zero-order valence-electron chi connectivity index (χ0n) is 9.80. The lowest BCUT2D eigenvalue weighted by Crippen LogP contribution is -1.85. The highest BCUT2D eigenvalue weighted by atomic mass is 16.6. The van der Waals surface area contributed by atoms with E-state index in [0.29, 0.717) is 23.3 Å². The van der Waals surface area contributed by atoms with Crippen LogP contribution in [0.1, 0.15) is 0 Å². The Morgan fingerprint density at radius 3 is 2.78 bits per heavy atom. The van der Waals surface area contributed by atoms with Crippen LogP contribution in [-0.4, -0.2) is 34.8 Å². The Bertz CT molecular complexity index is 675. The minimum Gasteiger partial charge on any atom is -0.496 e. The van der Waals surface area contributed by atoms with Crippen molar-refractivity contribution in [1.82, 2.24) is 20.6 Å². The quantitative estimate of drug-likeness (QED) is 0.755. The lowest BCUT2D eigenvalue weighted by molar-refractivity contribution is 0.313. The number of hydrogen-bond acceptors (Lipinski definition) is 6. The number of ether oxygens (including phenoxy) is 2. The van der Waals surface area contributed by atoms with Gasteiger partial charge in [-0.15, -0.1) is 5.10 Å². The van der Waals surface area contributed by atoms with Crippen molar-refractivity contribution < 1.29 is 13.9 Å². The summed E-state index contributed by atoms with van der Waals surface area (Å²) in [6.45, 7) is 0. The first kappa shape index (κ1) is 10.6. The second-order valence-electron chi connectivity index (χ2n) is 3.56. The van der Waals surface area contributed by atoms with E-state index in [9.17, 15) is 0 Å². The van der Waals surface area contributed by atoms with Crippen LogP contribution >= 0.6 is 0 Å². The number of nitrogens with zero attached hydrogens (tertiary/aromatic N) is 3. The summed E-state index contributed by atoms with van der Waals surface area (Å²) in [4.78, 5) is 0. The molecule has 0 spiro atoms. The van der Waals surface area contributed by atoms with Crippen molar-refractivity contribution in [2.45, 2.75) is 0 Å². The van der Waals surface area contributed by atoms with Gasteiger partial charge in [-0.25, -0.2) is 5.10 Å². The third-order valence-electron chi connectivity index (χ3n) is 2.63. The molecule has 1 aromatic carbocycles. The van der Waals surface area contributed by atoms with Crippen molar-refractivity contribution in [3.05, 3.63) is 18.2 Å². The molecule has 0 radical (unpaired) electrons. The second kappa shape index (κ2) is 4.02. The molecule has 0 amide bonds. The molecule has 2 heterocycles. The van der Waals surface area contributed by atoms with Crippen LogP contribution in [0.25, 0.3) is 22.4 Å². The molecule has 0 saturated carbocycles. The van der Waals surface area contributed by atoms with E-state index in [2.05, 4.69) is 20.6 Å². The van der Waals surface area contributed by atoms with Crippen LogP contribution in [0.4, 0.5) is 0 Å². The van der Waals surface area contributed by atoms with E-state index in [0.717, 1.165) is 10.8 Å². The third kappa shape index (κ3) is 1.41. The number of H-pyrrole nitrogens is 1. The smallest absolute Gasteiger partial charge is 0.293 e. The Morgan fingerprint density at radius 2 is 2.11 bits per heavy atom. The van der Waals surface area contributed by atoms with Gasteiger partial charge in [0.1, 0.15) is 5.75 Å². The molecule has 2 aromatic heterocycles. The van der Waals surface area contributed by atoms with Crippen molar-refractivity contribution in [1.29, 1.82) is 0 Å². The number of tetrazole rings is 1. The molecule has 3 rings (SSSR count). The summed E-state index contributed by atoms with van der Waals surface area (Å²) in [5.41, 5.74) is 0. The van der Waals surface area contributed by atoms with Crippen LogP contribution in [0, 0.1) is 0 Å². The second-order valence-corrected chi connectivity index (χ2v) is 3.56. The summed E-state index contributed by atoms with van der Waals surface area (Å²) in [5, 5.41) is 15.1. The monoisotopic (exact) mass is 246 g/mol. The number of nitrogens with one attached hydrogen (secondary N) is 1. The zero-order valence-corrected chi connectivity index (χ0v) is 9.80. The van der Waals surface area contributed by atoms with Crippen molar-refractivity contribution in [3.63, 3.8) is 0 Å². The summed E-state index contributed by atoms with van der Waals surface area (Å²) < 4.78 is 16.2. The molecule has 92 valence electrons. The Labute approximate surface area is 102 Å². The van der Waals surface area contributed by atoms with E-state index in [1.54, 1.807) is 14.2 Å². The number of aromatic nitrogens is 4. The fourth-order valence-electron chi connectivity index (χ4n) is 1.88. The number of methoxy groups -OCH3 is 2. The standard InChI is InChI=1S/C11H10N4O3/c1-16-7-5-3-4-6-8(7)9(18-11(6)17-2)10-12-14-15-13-10/h3-5H,1-2H3,(H,12,13,14,15). The van der Waals surface area contributed by atoms with Gasteiger partial charge < -0.3 is 13.9 Å². The van der Waals surface area contributed by atoms with Gasteiger partial charge in [-0.2, -0.15) is 0 Å². The average molecular weight is 246 g/mol. The maximum Gasteiger partial charge on any atom is 0.293 e. The lowest BCUT2D eigenvalue weighted by atomic mass is 10.1. The summed E-state index contributed by atoms with van der Waals surface area (Å²) in [7, 11) is 3.14. The highest BCUT2D eigenvalue weighted by Gasteiger charge is 2.21. The van der Waals surface area contributed by atoms with Crippen molar-refractivity contribution in [3.8, 4) is 23.3 Å². The predicted octanol–water partition coefficient (Wildman–Crippen LogP) is 1.63. The van der Waals surface area contributed by atoms with E-state index in [4.69, 9.17) is 13.9 Å². The van der Waals surface area contributed by atoms with Gasteiger partial charge in [-0.05, 0) is 22.6 Å². The van der Waals surface area contributed by atoms with Gasteiger partial charge in [0.25, 0.3) is 5.95 Å². The zero-order chi connectivity index (χ0) is 12.5. The predicted molar refractivity (Wildman–Crippen MR) is 62.5 cm³/mol. The molecule has 7 heteroatoms. The van der Waals surface area contributed by atoms with Gasteiger partial charge in [-0.3, -0.25) is 0 Å². The highest BCUT2D eigenvalue weighted by Crippen LogP contribution is 2.41. The van der Waals surface area contributed by atoms with Crippen LogP contribution < -0.4 is 9.47 Å². The van der Waals surface area contributed by atoms with Crippen LogP contribution in [-0.2, 0) is 0 Å². The topological polar surface area (TPSA) is 86.1 Å². The first-order valence-corrected chi connectivity index (χ1v) is 5.22. The maximum absolute atomic E-state index is 5.63. The Kier molecular flexibility index (Phi) is 2.36. The van der Waals surface area contributed by atoms with Gasteiger partial charge in [0.15, 0.2) is 5.76 Å². The van der Waals surface area contributed by atoms with Crippen molar-refractivity contribution in [2.24, 2.45) is 0 Å². The lowest BCUT2D eigenvalue weighted by Gasteiger charge is -2.01. The molecule has 0 unspecified atom stereocenters. The molecule has 0 atom stereocenters. The van der Waals surface area contributed by atoms with Crippen LogP contribution in [0.3, 0.4) is 0 Å². The number of furan rings is 1. The average Bonchev–Trinajstić information content (AvgIpc) is 3.04. The van der Waals surface area contributed by atoms with E-state index in [-0.39, 0.29) is 0 Å². The largest absolute Gasteiger partial charge is 0.496 e. The summed E-state index contributed by atoms with van der Waals surface area (Å²) in [6.07, 6.45) is 0. The normalized spacial score (nSPS) is 10.8. The minimum absolute atomic E-state index is 0.398. The third-order valence-corrected chi connectivity index (χ3v) is 2.63. The molecule has 0 aliphatic rings. The first-order valence-electron chi connectivity index (χ1n) is 5.22. The molecule has 0 bridgehead atoms. The number of hydrogen-bond donors (Lipinski definition) is 1. The molecule has 7 nitrogen and oxygen atoms in total. The minimum atomic E-state index is 0.398. The van der Waals surface area contributed by atoms with Crippen LogP contribution in [0.15, 0.2) is 22.6 Å². The van der Waals surface area contributed by atoms with Crippen LogP contribution in [0.5, 0.6) is 11.7 Å². The summed E-state index contributed by atoms with van der Waals surface area (Å²) >= 11 is 0.